The van der Waals surface area contributed by atoms with Crippen molar-refractivity contribution in [3.8, 4) is 0 Å². The third-order valence-electron chi connectivity index (χ3n) is 1.81. The maximum absolute atomic E-state index is 3.78. The zero-order valence-electron chi connectivity index (χ0n) is 8.66. The van der Waals surface area contributed by atoms with Crippen LogP contribution in [0.4, 0.5) is 0 Å². The van der Waals surface area contributed by atoms with E-state index in [4.69, 9.17) is 0 Å². The molecule has 15 heavy (non-hydrogen) atoms. The first kappa shape index (κ1) is 11.0. The van der Waals surface area contributed by atoms with E-state index in [1.54, 1.807) is 29.5 Å². The van der Waals surface area contributed by atoms with Crippen molar-refractivity contribution in [2.45, 2.75) is 0 Å². The molecule has 1 aliphatic heterocycles. The minimum absolute atomic E-state index is 0.958. The van der Waals surface area contributed by atoms with Crippen molar-refractivity contribution in [2.75, 3.05) is 6.54 Å². The smallest absolute Gasteiger partial charge is 0.0986 e. The third-order valence-corrected chi connectivity index (χ3v) is 1.81. The Morgan fingerprint density at radius 2 is 2.07 bits per heavy atom. The van der Waals surface area contributed by atoms with E-state index in [2.05, 4.69) is 24.2 Å². The van der Waals surface area contributed by atoms with Gasteiger partial charge in [-0.15, -0.1) is 0 Å². The van der Waals surface area contributed by atoms with Gasteiger partial charge in [-0.1, -0.05) is 25.3 Å². The van der Waals surface area contributed by atoms with Gasteiger partial charge < -0.3 is 9.47 Å². The van der Waals surface area contributed by atoms with E-state index in [0.717, 1.165) is 6.54 Å². The summed E-state index contributed by atoms with van der Waals surface area (Å²) in [5, 5.41) is 0. The van der Waals surface area contributed by atoms with Crippen LogP contribution in [0.5, 0.6) is 0 Å². The molecular formula is C12H15N3. The highest BCUT2D eigenvalue weighted by Gasteiger charge is 1.89. The van der Waals surface area contributed by atoms with Crippen LogP contribution in [0, 0.1) is 0 Å². The first-order chi connectivity index (χ1) is 7.36. The van der Waals surface area contributed by atoms with Gasteiger partial charge in [0.25, 0.3) is 0 Å². The standard InChI is InChI=1S/C7H9N.C5H6N2/c1-2-8-6-4-3-5-7-8;1-2-7-4-3-6-5-7/h2-6H,1,7H2;2-5H,1H2. The summed E-state index contributed by atoms with van der Waals surface area (Å²) in [4.78, 5) is 5.80. The third kappa shape index (κ3) is 4.13. The quantitative estimate of drug-likeness (QED) is 0.733. The summed E-state index contributed by atoms with van der Waals surface area (Å²) in [6.07, 6.45) is 16.8. The molecule has 1 aliphatic rings. The minimum Gasteiger partial charge on any atom is -0.351 e. The average Bonchev–Trinajstić information content (AvgIpc) is 2.84. The summed E-state index contributed by atoms with van der Waals surface area (Å²) in [6.45, 7) is 8.11. The average molecular weight is 201 g/mol. The Hall–Kier alpha value is -2.03. The Morgan fingerprint density at radius 1 is 1.20 bits per heavy atom. The van der Waals surface area contributed by atoms with Gasteiger partial charge in [-0.2, -0.15) is 0 Å². The molecule has 0 spiro atoms. The monoisotopic (exact) mass is 201 g/mol. The van der Waals surface area contributed by atoms with Crippen molar-refractivity contribution in [3.05, 3.63) is 62.5 Å². The molecule has 0 amide bonds. The van der Waals surface area contributed by atoms with E-state index in [1.807, 2.05) is 29.4 Å². The number of hydrogen-bond acceptors (Lipinski definition) is 2. The molecule has 0 aromatic carbocycles. The number of allylic oxidation sites excluding steroid dienone is 2. The second-order valence-corrected chi connectivity index (χ2v) is 2.84. The number of nitrogens with zero attached hydrogens (tertiary/aromatic N) is 3. The fourth-order valence-corrected chi connectivity index (χ4v) is 0.995. The van der Waals surface area contributed by atoms with Crippen molar-refractivity contribution in [1.29, 1.82) is 0 Å². The Bertz CT molecular complexity index is 347. The van der Waals surface area contributed by atoms with Gasteiger partial charge in [-0.3, -0.25) is 0 Å². The van der Waals surface area contributed by atoms with Gasteiger partial charge in [0.1, 0.15) is 0 Å². The molecule has 0 radical (unpaired) electrons. The van der Waals surface area contributed by atoms with Gasteiger partial charge in [0, 0.05) is 31.3 Å². The Morgan fingerprint density at radius 3 is 2.40 bits per heavy atom. The lowest BCUT2D eigenvalue weighted by Crippen LogP contribution is -2.09. The highest BCUT2D eigenvalue weighted by Crippen LogP contribution is 1.96. The van der Waals surface area contributed by atoms with E-state index < -0.39 is 0 Å². The molecule has 0 fully saturated rings. The maximum atomic E-state index is 3.78. The molecule has 0 N–H and O–H groups in total. The molecule has 0 atom stereocenters. The van der Waals surface area contributed by atoms with Crippen molar-refractivity contribution in [1.82, 2.24) is 14.5 Å². The van der Waals surface area contributed by atoms with E-state index in [9.17, 15) is 0 Å². The summed E-state index contributed by atoms with van der Waals surface area (Å²) >= 11 is 0. The lowest BCUT2D eigenvalue weighted by atomic mass is 10.4. The largest absolute Gasteiger partial charge is 0.351 e. The van der Waals surface area contributed by atoms with Gasteiger partial charge in [0.05, 0.1) is 6.33 Å². The highest BCUT2D eigenvalue weighted by molar-refractivity contribution is 5.14. The lowest BCUT2D eigenvalue weighted by Gasteiger charge is -2.13. The van der Waals surface area contributed by atoms with E-state index in [1.165, 1.54) is 0 Å². The molecule has 0 saturated heterocycles. The van der Waals surface area contributed by atoms with E-state index in [-0.39, 0.29) is 0 Å². The number of rotatable bonds is 2. The van der Waals surface area contributed by atoms with Crippen LogP contribution in [0.15, 0.2) is 62.5 Å². The predicted octanol–water partition coefficient (Wildman–Crippen LogP) is 2.50. The SMILES string of the molecule is C=CN1C=CC=CC1.C=Cn1ccnc1. The first-order valence-electron chi connectivity index (χ1n) is 4.68. The molecule has 78 valence electrons. The minimum atomic E-state index is 0.958. The van der Waals surface area contributed by atoms with Gasteiger partial charge in [0.2, 0.25) is 0 Å². The van der Waals surface area contributed by atoms with Crippen LogP contribution in [-0.4, -0.2) is 21.0 Å². The molecule has 2 rings (SSSR count). The van der Waals surface area contributed by atoms with Crippen LogP contribution in [-0.2, 0) is 0 Å². The molecule has 1 aromatic rings. The zero-order valence-corrected chi connectivity index (χ0v) is 8.66. The van der Waals surface area contributed by atoms with Crippen LogP contribution in [0.2, 0.25) is 0 Å². The lowest BCUT2D eigenvalue weighted by molar-refractivity contribution is 0.562. The number of aromatic nitrogens is 2. The van der Waals surface area contributed by atoms with Crippen LogP contribution >= 0.6 is 0 Å². The molecule has 2 heterocycles. The van der Waals surface area contributed by atoms with Crippen molar-refractivity contribution >= 4 is 6.20 Å². The normalized spacial score (nSPS) is 12.9. The summed E-state index contributed by atoms with van der Waals surface area (Å²) < 4.78 is 1.78. The van der Waals surface area contributed by atoms with Crippen molar-refractivity contribution in [3.63, 3.8) is 0 Å². The summed E-state index contributed by atoms with van der Waals surface area (Å²) in [6, 6.07) is 0. The van der Waals surface area contributed by atoms with Crippen LogP contribution in [0.1, 0.15) is 0 Å². The van der Waals surface area contributed by atoms with Gasteiger partial charge >= 0.3 is 0 Å². The van der Waals surface area contributed by atoms with E-state index >= 15 is 0 Å². The molecule has 1 aromatic heterocycles. The fraction of sp³-hybridized carbons (Fsp3) is 0.0833. The molecule has 0 unspecified atom stereocenters. The molecule has 0 saturated carbocycles. The predicted molar refractivity (Wildman–Crippen MR) is 63.8 cm³/mol. The molecular weight excluding hydrogens is 186 g/mol. The van der Waals surface area contributed by atoms with Crippen LogP contribution < -0.4 is 0 Å². The van der Waals surface area contributed by atoms with Gasteiger partial charge in [-0.25, -0.2) is 4.98 Å². The molecule has 0 aliphatic carbocycles. The number of hydrogen-bond donors (Lipinski definition) is 0. The Kier molecular flexibility index (Phi) is 4.73. The fourth-order valence-electron chi connectivity index (χ4n) is 0.995. The van der Waals surface area contributed by atoms with Gasteiger partial charge in [0.15, 0.2) is 0 Å². The Labute approximate surface area is 90.4 Å². The number of imidazole rings is 1. The second-order valence-electron chi connectivity index (χ2n) is 2.84. The summed E-state index contributed by atoms with van der Waals surface area (Å²) in [5.41, 5.74) is 0. The van der Waals surface area contributed by atoms with E-state index in [0.29, 0.717) is 0 Å². The highest BCUT2D eigenvalue weighted by atomic mass is 15.1. The first-order valence-corrected chi connectivity index (χ1v) is 4.68. The van der Waals surface area contributed by atoms with Gasteiger partial charge in [-0.05, 0) is 12.3 Å². The topological polar surface area (TPSA) is 21.1 Å². The Balaban J connectivity index is 0.000000151. The van der Waals surface area contributed by atoms with Crippen LogP contribution in [0.25, 0.3) is 6.20 Å². The maximum Gasteiger partial charge on any atom is 0.0986 e. The summed E-state index contributed by atoms with van der Waals surface area (Å²) in [7, 11) is 0. The molecule has 3 nitrogen and oxygen atoms in total. The zero-order chi connectivity index (χ0) is 10.9. The second kappa shape index (κ2) is 6.43. The van der Waals surface area contributed by atoms with Crippen LogP contribution in [0.3, 0.4) is 0 Å². The molecule has 3 heteroatoms. The molecule has 0 bridgehead atoms. The van der Waals surface area contributed by atoms with Crippen molar-refractivity contribution in [2.24, 2.45) is 0 Å². The summed E-state index contributed by atoms with van der Waals surface area (Å²) in [5.74, 6) is 0. The van der Waals surface area contributed by atoms with Crippen molar-refractivity contribution < 1.29 is 0 Å².